The van der Waals surface area contributed by atoms with Crippen molar-refractivity contribution >= 4 is 0 Å². The number of aryl methyl sites for hydroxylation is 2. The molecule has 2 rings (SSSR count). The van der Waals surface area contributed by atoms with Crippen molar-refractivity contribution in [2.24, 2.45) is 0 Å². The molecule has 0 bridgehead atoms. The van der Waals surface area contributed by atoms with Gasteiger partial charge >= 0.3 is 0 Å². The van der Waals surface area contributed by atoms with E-state index < -0.39 is 17.7 Å². The Morgan fingerprint density at radius 1 is 1.11 bits per heavy atom. The van der Waals surface area contributed by atoms with Crippen LogP contribution in [0.25, 0.3) is 0 Å². The molecule has 0 radical (unpaired) electrons. The van der Waals surface area contributed by atoms with Crippen molar-refractivity contribution in [1.82, 2.24) is 10.3 Å². The number of rotatable bonds is 3. The smallest absolute Gasteiger partial charge is 0.164 e. The van der Waals surface area contributed by atoms with E-state index in [0.717, 1.165) is 11.3 Å². The normalized spacial score (nSPS) is 12.5. The number of hydrogen-bond acceptors (Lipinski definition) is 2. The Morgan fingerprint density at radius 2 is 1.84 bits per heavy atom. The fourth-order valence-corrected chi connectivity index (χ4v) is 2.13. The van der Waals surface area contributed by atoms with Gasteiger partial charge in [0.15, 0.2) is 11.6 Å². The molecule has 100 valence electrons. The predicted octanol–water partition coefficient (Wildman–Crippen LogP) is 3.29. The van der Waals surface area contributed by atoms with Crippen molar-refractivity contribution in [3.05, 3.63) is 64.5 Å². The predicted molar refractivity (Wildman–Crippen MR) is 71.0 cm³/mol. The number of benzene rings is 1. The Kier molecular flexibility index (Phi) is 3.90. The van der Waals surface area contributed by atoms with Crippen molar-refractivity contribution in [2.45, 2.75) is 19.9 Å². The van der Waals surface area contributed by atoms with Crippen LogP contribution in [0.3, 0.4) is 0 Å². The highest BCUT2D eigenvalue weighted by Gasteiger charge is 2.20. The maximum absolute atomic E-state index is 14.1. The van der Waals surface area contributed by atoms with Crippen LogP contribution in [0.2, 0.25) is 0 Å². The lowest BCUT2D eigenvalue weighted by Crippen LogP contribution is -2.20. The van der Waals surface area contributed by atoms with Crippen molar-refractivity contribution in [1.29, 1.82) is 0 Å². The Morgan fingerprint density at radius 3 is 2.47 bits per heavy atom. The second-order valence-electron chi connectivity index (χ2n) is 4.55. The van der Waals surface area contributed by atoms with Gasteiger partial charge in [0.1, 0.15) is 0 Å². The first-order valence-electron chi connectivity index (χ1n) is 6.09. The van der Waals surface area contributed by atoms with Gasteiger partial charge in [-0.05, 0) is 44.2 Å². The summed E-state index contributed by atoms with van der Waals surface area (Å²) >= 11 is 0. The van der Waals surface area contributed by atoms with Crippen LogP contribution in [-0.4, -0.2) is 12.0 Å². The molecule has 0 saturated carbocycles. The minimum absolute atomic E-state index is 0.302. The van der Waals surface area contributed by atoms with Gasteiger partial charge in [-0.3, -0.25) is 4.98 Å². The summed E-state index contributed by atoms with van der Waals surface area (Å²) in [5.74, 6) is -1.59. The molecule has 1 atom stereocenters. The molecule has 0 aliphatic rings. The van der Waals surface area contributed by atoms with Crippen LogP contribution in [0.15, 0.2) is 30.5 Å². The van der Waals surface area contributed by atoms with Crippen molar-refractivity contribution in [3.63, 3.8) is 0 Å². The van der Waals surface area contributed by atoms with Gasteiger partial charge in [0.05, 0.1) is 6.04 Å². The molecule has 19 heavy (non-hydrogen) atoms. The van der Waals surface area contributed by atoms with Crippen LogP contribution in [-0.2, 0) is 0 Å². The van der Waals surface area contributed by atoms with Crippen molar-refractivity contribution < 1.29 is 8.78 Å². The first-order valence-corrected chi connectivity index (χ1v) is 6.09. The zero-order valence-electron chi connectivity index (χ0n) is 11.2. The fraction of sp³-hybridized carbons (Fsp3) is 0.267. The standard InChI is InChI=1S/C15H16F2N2/c1-9-4-5-12(14(17)13(9)16)15(18-3)11-6-7-19-10(2)8-11/h4-8,15,18H,1-3H3. The minimum atomic E-state index is -0.797. The molecule has 2 aromatic rings. The molecule has 0 spiro atoms. The lowest BCUT2D eigenvalue weighted by atomic mass is 9.97. The van der Waals surface area contributed by atoms with Crippen LogP contribution in [0.4, 0.5) is 8.78 Å². The van der Waals surface area contributed by atoms with Crippen LogP contribution in [0.5, 0.6) is 0 Å². The second kappa shape index (κ2) is 5.45. The topological polar surface area (TPSA) is 24.9 Å². The van der Waals surface area contributed by atoms with E-state index in [-0.39, 0.29) is 0 Å². The summed E-state index contributed by atoms with van der Waals surface area (Å²) in [5.41, 5.74) is 2.31. The molecule has 0 amide bonds. The molecular weight excluding hydrogens is 246 g/mol. The van der Waals surface area contributed by atoms with Crippen LogP contribution in [0.1, 0.15) is 28.4 Å². The first kappa shape index (κ1) is 13.6. The summed E-state index contributed by atoms with van der Waals surface area (Å²) in [7, 11) is 1.72. The third-order valence-electron chi connectivity index (χ3n) is 3.16. The van der Waals surface area contributed by atoms with E-state index in [1.54, 1.807) is 38.4 Å². The monoisotopic (exact) mass is 262 g/mol. The number of nitrogens with one attached hydrogen (secondary N) is 1. The van der Waals surface area contributed by atoms with E-state index in [1.165, 1.54) is 0 Å². The van der Waals surface area contributed by atoms with Gasteiger partial charge in [0, 0.05) is 17.5 Å². The molecule has 0 fully saturated rings. The van der Waals surface area contributed by atoms with Crippen molar-refractivity contribution in [3.8, 4) is 0 Å². The summed E-state index contributed by atoms with van der Waals surface area (Å²) in [5, 5.41) is 3.01. The Hall–Kier alpha value is -1.81. The van der Waals surface area contributed by atoms with Gasteiger partial charge in [-0.25, -0.2) is 8.78 Å². The fourth-order valence-electron chi connectivity index (χ4n) is 2.13. The zero-order chi connectivity index (χ0) is 14.0. The van der Waals surface area contributed by atoms with Gasteiger partial charge < -0.3 is 5.32 Å². The van der Waals surface area contributed by atoms with Gasteiger partial charge in [-0.2, -0.15) is 0 Å². The number of halogens is 2. The molecule has 0 saturated heterocycles. The molecule has 2 nitrogen and oxygen atoms in total. The summed E-state index contributed by atoms with van der Waals surface area (Å²) < 4.78 is 27.7. The highest BCUT2D eigenvalue weighted by molar-refractivity contribution is 5.35. The lowest BCUT2D eigenvalue weighted by Gasteiger charge is -2.19. The Labute approximate surface area is 111 Å². The molecule has 1 aromatic carbocycles. The van der Waals surface area contributed by atoms with Crippen LogP contribution < -0.4 is 5.32 Å². The average molecular weight is 262 g/mol. The number of nitrogens with zero attached hydrogens (tertiary/aromatic N) is 1. The maximum Gasteiger partial charge on any atom is 0.164 e. The molecule has 1 N–H and O–H groups in total. The lowest BCUT2D eigenvalue weighted by molar-refractivity contribution is 0.482. The van der Waals surface area contributed by atoms with Gasteiger partial charge in [-0.15, -0.1) is 0 Å². The Balaban J connectivity index is 2.51. The number of hydrogen-bond donors (Lipinski definition) is 1. The van der Waals surface area contributed by atoms with E-state index in [4.69, 9.17) is 0 Å². The molecule has 4 heteroatoms. The molecule has 0 aliphatic heterocycles. The van der Waals surface area contributed by atoms with E-state index in [9.17, 15) is 8.78 Å². The van der Waals surface area contributed by atoms with Crippen LogP contribution in [0, 0.1) is 25.5 Å². The molecule has 1 unspecified atom stereocenters. The largest absolute Gasteiger partial charge is 0.309 e. The van der Waals surface area contributed by atoms with Gasteiger partial charge in [-0.1, -0.05) is 12.1 Å². The highest BCUT2D eigenvalue weighted by Crippen LogP contribution is 2.26. The number of pyridine rings is 1. The SMILES string of the molecule is CNC(c1ccnc(C)c1)c1ccc(C)c(F)c1F. The minimum Gasteiger partial charge on any atom is -0.309 e. The molecular formula is C15H16F2N2. The number of aromatic nitrogens is 1. The second-order valence-corrected chi connectivity index (χ2v) is 4.55. The van der Waals surface area contributed by atoms with Crippen molar-refractivity contribution in [2.75, 3.05) is 7.05 Å². The third kappa shape index (κ3) is 2.63. The summed E-state index contributed by atoms with van der Waals surface area (Å²) in [6.45, 7) is 3.41. The maximum atomic E-state index is 14.1. The molecule has 1 heterocycles. The molecule has 1 aromatic heterocycles. The van der Waals surface area contributed by atoms with E-state index >= 15 is 0 Å². The quantitative estimate of drug-likeness (QED) is 0.918. The average Bonchev–Trinajstić information content (AvgIpc) is 2.40. The van der Waals surface area contributed by atoms with Gasteiger partial charge in [0.25, 0.3) is 0 Å². The summed E-state index contributed by atoms with van der Waals surface area (Å²) in [4.78, 5) is 4.11. The third-order valence-corrected chi connectivity index (χ3v) is 3.16. The molecule has 0 aliphatic carbocycles. The Bertz CT molecular complexity index is 597. The van der Waals surface area contributed by atoms with Crippen LogP contribution >= 0.6 is 0 Å². The summed E-state index contributed by atoms with van der Waals surface area (Å²) in [6, 6.07) is 6.47. The zero-order valence-corrected chi connectivity index (χ0v) is 11.2. The summed E-state index contributed by atoms with van der Waals surface area (Å²) in [6.07, 6.45) is 1.66. The first-order chi connectivity index (χ1) is 9.04. The van der Waals surface area contributed by atoms with E-state index in [2.05, 4.69) is 10.3 Å². The van der Waals surface area contributed by atoms with E-state index in [0.29, 0.717) is 11.1 Å². The van der Waals surface area contributed by atoms with Gasteiger partial charge in [0.2, 0.25) is 0 Å². The highest BCUT2D eigenvalue weighted by atomic mass is 19.2. The van der Waals surface area contributed by atoms with E-state index in [1.807, 2.05) is 13.0 Å².